The molecule has 0 saturated carbocycles. The number of benzene rings is 1. The standard InChI is InChI=1S/C10H13Cl2NO2/c11-7-3-8(12)5-10(4-7)15-2-1-9(13)6-14/h3-5,9,14H,1-2,6,13H2. The zero-order valence-electron chi connectivity index (χ0n) is 8.12. The van der Waals surface area contributed by atoms with Gasteiger partial charge >= 0.3 is 0 Å². The van der Waals surface area contributed by atoms with Crippen LogP contribution in [0.15, 0.2) is 18.2 Å². The molecule has 5 heteroatoms. The summed E-state index contributed by atoms with van der Waals surface area (Å²) in [5.74, 6) is 0.609. The summed E-state index contributed by atoms with van der Waals surface area (Å²) in [5, 5.41) is 9.76. The second kappa shape index (κ2) is 6.18. The van der Waals surface area contributed by atoms with E-state index in [4.69, 9.17) is 38.8 Å². The van der Waals surface area contributed by atoms with Crippen LogP contribution in [0.3, 0.4) is 0 Å². The van der Waals surface area contributed by atoms with Crippen molar-refractivity contribution in [3.63, 3.8) is 0 Å². The van der Waals surface area contributed by atoms with E-state index < -0.39 is 0 Å². The molecule has 3 N–H and O–H groups in total. The predicted octanol–water partition coefficient (Wildman–Crippen LogP) is 2.08. The fraction of sp³-hybridized carbons (Fsp3) is 0.400. The topological polar surface area (TPSA) is 55.5 Å². The molecule has 0 radical (unpaired) electrons. The van der Waals surface area contributed by atoms with Gasteiger partial charge in [-0.25, -0.2) is 0 Å². The molecule has 0 saturated heterocycles. The predicted molar refractivity (Wildman–Crippen MR) is 61.6 cm³/mol. The van der Waals surface area contributed by atoms with Gasteiger partial charge in [-0.1, -0.05) is 23.2 Å². The number of hydrogen-bond acceptors (Lipinski definition) is 3. The molecule has 0 fully saturated rings. The molecule has 3 nitrogen and oxygen atoms in total. The Morgan fingerprint density at radius 3 is 2.40 bits per heavy atom. The Balaban J connectivity index is 2.43. The van der Waals surface area contributed by atoms with Crippen molar-refractivity contribution in [1.29, 1.82) is 0 Å². The van der Waals surface area contributed by atoms with E-state index >= 15 is 0 Å². The van der Waals surface area contributed by atoms with Crippen LogP contribution in [0, 0.1) is 0 Å². The molecule has 1 rings (SSSR count). The van der Waals surface area contributed by atoms with Crippen LogP contribution >= 0.6 is 23.2 Å². The Morgan fingerprint density at radius 2 is 1.87 bits per heavy atom. The zero-order valence-corrected chi connectivity index (χ0v) is 9.63. The van der Waals surface area contributed by atoms with Gasteiger partial charge in [-0.3, -0.25) is 0 Å². The fourth-order valence-electron chi connectivity index (χ4n) is 1.03. The first-order valence-corrected chi connectivity index (χ1v) is 5.32. The summed E-state index contributed by atoms with van der Waals surface area (Å²) in [4.78, 5) is 0. The summed E-state index contributed by atoms with van der Waals surface area (Å²) in [6.45, 7) is 0.387. The molecule has 84 valence electrons. The smallest absolute Gasteiger partial charge is 0.122 e. The number of rotatable bonds is 5. The van der Waals surface area contributed by atoms with Gasteiger partial charge in [0.05, 0.1) is 13.2 Å². The van der Waals surface area contributed by atoms with Crippen LogP contribution in [-0.4, -0.2) is 24.4 Å². The van der Waals surface area contributed by atoms with Crippen molar-refractivity contribution in [2.24, 2.45) is 5.73 Å². The third-order valence-electron chi connectivity index (χ3n) is 1.83. The highest BCUT2D eigenvalue weighted by atomic mass is 35.5. The number of nitrogens with two attached hydrogens (primary N) is 1. The van der Waals surface area contributed by atoms with Crippen molar-refractivity contribution in [3.8, 4) is 5.75 Å². The van der Waals surface area contributed by atoms with Gasteiger partial charge < -0.3 is 15.6 Å². The third kappa shape index (κ3) is 4.71. The van der Waals surface area contributed by atoms with Crippen molar-refractivity contribution >= 4 is 23.2 Å². The minimum Gasteiger partial charge on any atom is -0.493 e. The molecule has 0 aliphatic rings. The van der Waals surface area contributed by atoms with E-state index in [0.717, 1.165) is 0 Å². The maximum atomic E-state index is 8.70. The Hall–Kier alpha value is -0.480. The molecule has 1 aromatic rings. The quantitative estimate of drug-likeness (QED) is 0.841. The van der Waals surface area contributed by atoms with Gasteiger partial charge in [-0.05, 0) is 24.6 Å². The molecule has 1 unspecified atom stereocenters. The average molecular weight is 250 g/mol. The minimum atomic E-state index is -0.250. The largest absolute Gasteiger partial charge is 0.493 e. The van der Waals surface area contributed by atoms with E-state index in [2.05, 4.69) is 0 Å². The third-order valence-corrected chi connectivity index (χ3v) is 2.26. The molecule has 0 amide bonds. The first-order valence-electron chi connectivity index (χ1n) is 4.57. The van der Waals surface area contributed by atoms with Crippen LogP contribution in [0.2, 0.25) is 10.0 Å². The van der Waals surface area contributed by atoms with Gasteiger partial charge in [0, 0.05) is 16.1 Å². The zero-order chi connectivity index (χ0) is 11.3. The highest BCUT2D eigenvalue weighted by molar-refractivity contribution is 6.34. The van der Waals surface area contributed by atoms with E-state index in [1.54, 1.807) is 18.2 Å². The molecule has 0 spiro atoms. The summed E-state index contributed by atoms with van der Waals surface area (Å²) in [7, 11) is 0. The Labute approximate surface area is 98.7 Å². The number of halogens is 2. The van der Waals surface area contributed by atoms with Gasteiger partial charge in [0.25, 0.3) is 0 Å². The molecule has 0 heterocycles. The molecular weight excluding hydrogens is 237 g/mol. The normalized spacial score (nSPS) is 12.5. The fourth-order valence-corrected chi connectivity index (χ4v) is 1.54. The summed E-state index contributed by atoms with van der Waals surface area (Å²) < 4.78 is 5.38. The molecule has 0 bridgehead atoms. The lowest BCUT2D eigenvalue weighted by atomic mass is 10.2. The lowest BCUT2D eigenvalue weighted by molar-refractivity contribution is 0.230. The van der Waals surface area contributed by atoms with Crippen LogP contribution in [0.5, 0.6) is 5.75 Å². The monoisotopic (exact) mass is 249 g/mol. The van der Waals surface area contributed by atoms with Crippen LogP contribution in [0.4, 0.5) is 0 Å². The SMILES string of the molecule is NC(CO)CCOc1cc(Cl)cc(Cl)c1. The Bertz CT molecular complexity index is 300. The van der Waals surface area contributed by atoms with Crippen LogP contribution in [0.25, 0.3) is 0 Å². The van der Waals surface area contributed by atoms with Crippen molar-refractivity contribution in [3.05, 3.63) is 28.2 Å². The maximum absolute atomic E-state index is 8.70. The van der Waals surface area contributed by atoms with E-state index in [1.807, 2.05) is 0 Å². The van der Waals surface area contributed by atoms with Crippen LogP contribution in [-0.2, 0) is 0 Å². The first kappa shape index (κ1) is 12.6. The highest BCUT2D eigenvalue weighted by Crippen LogP contribution is 2.24. The lowest BCUT2D eigenvalue weighted by Gasteiger charge is -2.10. The molecule has 0 aromatic heterocycles. The van der Waals surface area contributed by atoms with Crippen LogP contribution in [0.1, 0.15) is 6.42 Å². The summed E-state index contributed by atoms with van der Waals surface area (Å²) in [6, 6.07) is 4.74. The van der Waals surface area contributed by atoms with E-state index in [1.165, 1.54) is 0 Å². The maximum Gasteiger partial charge on any atom is 0.122 e. The molecular formula is C10H13Cl2NO2. The number of aliphatic hydroxyl groups is 1. The van der Waals surface area contributed by atoms with Gasteiger partial charge in [-0.15, -0.1) is 0 Å². The first-order chi connectivity index (χ1) is 7.11. The van der Waals surface area contributed by atoms with Gasteiger partial charge in [-0.2, -0.15) is 0 Å². The molecule has 15 heavy (non-hydrogen) atoms. The lowest BCUT2D eigenvalue weighted by Crippen LogP contribution is -2.26. The number of hydrogen-bond donors (Lipinski definition) is 2. The number of ether oxygens (including phenoxy) is 1. The minimum absolute atomic E-state index is 0.0420. The number of aliphatic hydroxyl groups excluding tert-OH is 1. The van der Waals surface area contributed by atoms with Crippen molar-refractivity contribution in [2.75, 3.05) is 13.2 Å². The summed E-state index contributed by atoms with van der Waals surface area (Å²) >= 11 is 11.6. The second-order valence-corrected chi connectivity index (χ2v) is 4.06. The van der Waals surface area contributed by atoms with Gasteiger partial charge in [0.1, 0.15) is 5.75 Å². The molecule has 0 aliphatic heterocycles. The second-order valence-electron chi connectivity index (χ2n) is 3.18. The van der Waals surface area contributed by atoms with Crippen molar-refractivity contribution < 1.29 is 9.84 Å². The van der Waals surface area contributed by atoms with E-state index in [-0.39, 0.29) is 12.6 Å². The van der Waals surface area contributed by atoms with Crippen molar-refractivity contribution in [1.82, 2.24) is 0 Å². The average Bonchev–Trinajstić information content (AvgIpc) is 2.16. The highest BCUT2D eigenvalue weighted by Gasteiger charge is 2.02. The van der Waals surface area contributed by atoms with Gasteiger partial charge in [0.15, 0.2) is 0 Å². The van der Waals surface area contributed by atoms with Gasteiger partial charge in [0.2, 0.25) is 0 Å². The van der Waals surface area contributed by atoms with Crippen molar-refractivity contribution in [2.45, 2.75) is 12.5 Å². The summed E-state index contributed by atoms with van der Waals surface area (Å²) in [6.07, 6.45) is 0.584. The molecule has 1 atom stereocenters. The molecule has 1 aromatic carbocycles. The Morgan fingerprint density at radius 1 is 1.27 bits per heavy atom. The van der Waals surface area contributed by atoms with E-state index in [0.29, 0.717) is 28.8 Å². The van der Waals surface area contributed by atoms with E-state index in [9.17, 15) is 0 Å². The Kier molecular flexibility index (Phi) is 5.19. The van der Waals surface area contributed by atoms with Crippen LogP contribution < -0.4 is 10.5 Å². The summed E-state index contributed by atoms with van der Waals surface area (Å²) in [5.41, 5.74) is 5.51. The molecule has 0 aliphatic carbocycles.